The van der Waals surface area contributed by atoms with Gasteiger partial charge in [0.2, 0.25) is 0 Å². The minimum absolute atomic E-state index is 0.0935. The van der Waals surface area contributed by atoms with Gasteiger partial charge in [-0.1, -0.05) is 25.5 Å². The number of rotatable bonds is 8. The van der Waals surface area contributed by atoms with Crippen LogP contribution in [0, 0.1) is 6.92 Å². The highest BCUT2D eigenvalue weighted by molar-refractivity contribution is 7.99. The van der Waals surface area contributed by atoms with Crippen molar-refractivity contribution in [2.45, 2.75) is 33.2 Å². The minimum Gasteiger partial charge on any atom is -0.494 e. The third kappa shape index (κ3) is 6.01. The van der Waals surface area contributed by atoms with Gasteiger partial charge in [0.15, 0.2) is 0 Å². The van der Waals surface area contributed by atoms with Crippen LogP contribution in [-0.2, 0) is 6.54 Å². The number of nitrogens with zero attached hydrogens (tertiary/aromatic N) is 1. The molecule has 1 N–H and O–H groups in total. The first-order valence-corrected chi connectivity index (χ1v) is 11.2. The number of ether oxygens (including phenoxy) is 1. The number of unbranched alkanes of at least 4 members (excludes halogenated alkanes) is 1. The maximum atomic E-state index is 12.6. The number of benzene rings is 2. The highest BCUT2D eigenvalue weighted by atomic mass is 32.2. The molecule has 1 aliphatic heterocycles. The fraction of sp³-hybridized carbons (Fsp3) is 0.435. The normalized spacial score (nSPS) is 14.6. The zero-order valence-electron chi connectivity index (χ0n) is 16.9. The molecular formula is C23H30N2O2S. The molecule has 28 heavy (non-hydrogen) atoms. The predicted molar refractivity (Wildman–Crippen MR) is 119 cm³/mol. The SMILES string of the molecule is CCCCOc1ccc(C(=O)Nc2ccc(CN3CCSCC3)cc2C)cc1. The molecule has 2 aromatic rings. The Morgan fingerprint density at radius 1 is 1.14 bits per heavy atom. The Labute approximate surface area is 172 Å². The Balaban J connectivity index is 1.57. The molecule has 0 atom stereocenters. The predicted octanol–water partition coefficient (Wildman–Crippen LogP) is 4.98. The molecule has 1 saturated heterocycles. The summed E-state index contributed by atoms with van der Waals surface area (Å²) in [5.41, 5.74) is 3.90. The molecule has 1 aliphatic rings. The van der Waals surface area contributed by atoms with Crippen molar-refractivity contribution in [3.05, 3.63) is 59.2 Å². The first kappa shape index (κ1) is 20.7. The molecule has 1 amide bonds. The van der Waals surface area contributed by atoms with Crippen molar-refractivity contribution in [1.82, 2.24) is 4.90 Å². The van der Waals surface area contributed by atoms with Gasteiger partial charge in [0.25, 0.3) is 5.91 Å². The van der Waals surface area contributed by atoms with Crippen molar-refractivity contribution < 1.29 is 9.53 Å². The summed E-state index contributed by atoms with van der Waals surface area (Å²) in [4.78, 5) is 15.1. The zero-order valence-corrected chi connectivity index (χ0v) is 17.7. The largest absolute Gasteiger partial charge is 0.494 e. The third-order valence-corrected chi connectivity index (χ3v) is 5.87. The van der Waals surface area contributed by atoms with Gasteiger partial charge in [0.05, 0.1) is 6.61 Å². The van der Waals surface area contributed by atoms with Crippen molar-refractivity contribution in [2.24, 2.45) is 0 Å². The fourth-order valence-electron chi connectivity index (χ4n) is 3.21. The van der Waals surface area contributed by atoms with Gasteiger partial charge in [-0.3, -0.25) is 9.69 Å². The molecule has 0 saturated carbocycles. The molecule has 5 heteroatoms. The number of aryl methyl sites for hydroxylation is 1. The van der Waals surface area contributed by atoms with Crippen LogP contribution in [0.5, 0.6) is 5.75 Å². The molecule has 0 bridgehead atoms. The fourth-order valence-corrected chi connectivity index (χ4v) is 4.19. The number of thioether (sulfide) groups is 1. The molecule has 0 spiro atoms. The van der Waals surface area contributed by atoms with Gasteiger partial charge in [0, 0.05) is 42.4 Å². The Bertz CT molecular complexity index is 771. The van der Waals surface area contributed by atoms with Crippen LogP contribution >= 0.6 is 11.8 Å². The van der Waals surface area contributed by atoms with Crippen molar-refractivity contribution in [3.8, 4) is 5.75 Å². The van der Waals surface area contributed by atoms with Crippen molar-refractivity contribution in [3.63, 3.8) is 0 Å². The molecule has 0 aliphatic carbocycles. The van der Waals surface area contributed by atoms with Gasteiger partial charge in [-0.15, -0.1) is 0 Å². The topological polar surface area (TPSA) is 41.6 Å². The molecule has 2 aromatic carbocycles. The average Bonchev–Trinajstić information content (AvgIpc) is 2.71. The van der Waals surface area contributed by atoms with Gasteiger partial charge in [-0.25, -0.2) is 0 Å². The molecular weight excluding hydrogens is 368 g/mol. The average molecular weight is 399 g/mol. The van der Waals surface area contributed by atoms with E-state index in [2.05, 4.69) is 36.2 Å². The van der Waals surface area contributed by atoms with Gasteiger partial charge < -0.3 is 10.1 Å². The van der Waals surface area contributed by atoms with Crippen LogP contribution in [0.25, 0.3) is 0 Å². The van der Waals surface area contributed by atoms with E-state index >= 15 is 0 Å². The second kappa shape index (κ2) is 10.5. The molecule has 0 aromatic heterocycles. The van der Waals surface area contributed by atoms with Gasteiger partial charge in [0.1, 0.15) is 5.75 Å². The van der Waals surface area contributed by atoms with Crippen LogP contribution in [0.15, 0.2) is 42.5 Å². The Kier molecular flexibility index (Phi) is 7.80. The molecule has 150 valence electrons. The summed E-state index contributed by atoms with van der Waals surface area (Å²) in [7, 11) is 0. The highest BCUT2D eigenvalue weighted by Crippen LogP contribution is 2.21. The summed E-state index contributed by atoms with van der Waals surface area (Å²) in [5, 5.41) is 3.03. The van der Waals surface area contributed by atoms with Crippen LogP contribution in [-0.4, -0.2) is 42.0 Å². The Hall–Kier alpha value is -1.98. The van der Waals surface area contributed by atoms with Crippen molar-refractivity contribution in [2.75, 3.05) is 36.5 Å². The van der Waals surface area contributed by atoms with E-state index in [4.69, 9.17) is 4.74 Å². The van der Waals surface area contributed by atoms with Gasteiger partial charge in [-0.05, 0) is 54.8 Å². The van der Waals surface area contributed by atoms with Crippen molar-refractivity contribution >= 4 is 23.4 Å². The Morgan fingerprint density at radius 2 is 1.89 bits per heavy atom. The summed E-state index contributed by atoms with van der Waals surface area (Å²) in [6, 6.07) is 13.7. The summed E-state index contributed by atoms with van der Waals surface area (Å²) in [5.74, 6) is 3.15. The van der Waals surface area contributed by atoms with Crippen LogP contribution in [0.2, 0.25) is 0 Å². The number of carbonyl (C=O) groups is 1. The van der Waals surface area contributed by atoms with Gasteiger partial charge >= 0.3 is 0 Å². The second-order valence-electron chi connectivity index (χ2n) is 7.22. The van der Waals surface area contributed by atoms with Crippen LogP contribution < -0.4 is 10.1 Å². The second-order valence-corrected chi connectivity index (χ2v) is 8.44. The lowest BCUT2D eigenvalue weighted by Gasteiger charge is -2.26. The number of hydrogen-bond donors (Lipinski definition) is 1. The highest BCUT2D eigenvalue weighted by Gasteiger charge is 2.12. The van der Waals surface area contributed by atoms with E-state index in [1.165, 1.54) is 17.1 Å². The molecule has 1 heterocycles. The first-order valence-electron chi connectivity index (χ1n) is 10.1. The number of hydrogen-bond acceptors (Lipinski definition) is 4. The van der Waals surface area contributed by atoms with E-state index in [0.29, 0.717) is 12.2 Å². The summed E-state index contributed by atoms with van der Waals surface area (Å²) < 4.78 is 5.66. The molecule has 1 fully saturated rings. The standard InChI is InChI=1S/C23H30N2O2S/c1-3-4-13-27-21-8-6-20(7-9-21)23(26)24-22-10-5-19(16-18(22)2)17-25-11-14-28-15-12-25/h5-10,16H,3-4,11-15,17H2,1-2H3,(H,24,26). The van der Waals surface area contributed by atoms with E-state index < -0.39 is 0 Å². The van der Waals surface area contributed by atoms with E-state index in [1.807, 2.05) is 42.1 Å². The van der Waals surface area contributed by atoms with E-state index in [1.54, 1.807) is 0 Å². The maximum Gasteiger partial charge on any atom is 0.255 e. The smallest absolute Gasteiger partial charge is 0.255 e. The summed E-state index contributed by atoms with van der Waals surface area (Å²) in [6.45, 7) is 8.19. The van der Waals surface area contributed by atoms with Crippen molar-refractivity contribution in [1.29, 1.82) is 0 Å². The lowest BCUT2D eigenvalue weighted by atomic mass is 10.1. The third-order valence-electron chi connectivity index (χ3n) is 4.93. The molecule has 3 rings (SSSR count). The molecule has 0 unspecified atom stereocenters. The lowest BCUT2D eigenvalue weighted by Crippen LogP contribution is -2.31. The van der Waals surface area contributed by atoms with Gasteiger partial charge in [-0.2, -0.15) is 11.8 Å². The maximum absolute atomic E-state index is 12.6. The van der Waals surface area contributed by atoms with Crippen LogP contribution in [0.4, 0.5) is 5.69 Å². The van der Waals surface area contributed by atoms with Crippen LogP contribution in [0.1, 0.15) is 41.3 Å². The minimum atomic E-state index is -0.0935. The van der Waals surface area contributed by atoms with E-state index in [0.717, 1.165) is 49.5 Å². The quantitative estimate of drug-likeness (QED) is 0.637. The first-order chi connectivity index (χ1) is 13.7. The van der Waals surface area contributed by atoms with Crippen LogP contribution in [0.3, 0.4) is 0 Å². The number of carbonyl (C=O) groups excluding carboxylic acids is 1. The summed E-state index contributed by atoms with van der Waals surface area (Å²) in [6.07, 6.45) is 2.14. The zero-order chi connectivity index (χ0) is 19.8. The van der Waals surface area contributed by atoms with E-state index in [-0.39, 0.29) is 5.91 Å². The molecule has 0 radical (unpaired) electrons. The van der Waals surface area contributed by atoms with E-state index in [9.17, 15) is 4.79 Å². The number of nitrogens with one attached hydrogen (secondary N) is 1. The molecule has 4 nitrogen and oxygen atoms in total. The number of anilines is 1. The summed E-state index contributed by atoms with van der Waals surface area (Å²) >= 11 is 2.03. The monoisotopic (exact) mass is 398 g/mol. The Morgan fingerprint density at radius 3 is 2.57 bits per heavy atom. The lowest BCUT2D eigenvalue weighted by molar-refractivity contribution is 0.102. The number of amides is 1.